The van der Waals surface area contributed by atoms with Crippen molar-refractivity contribution < 1.29 is 19.2 Å². The van der Waals surface area contributed by atoms with Crippen molar-refractivity contribution in [3.63, 3.8) is 0 Å². The molecule has 0 spiro atoms. The molecular weight excluding hydrogens is 428 g/mol. The monoisotopic (exact) mass is 450 g/mol. The molecule has 4 amide bonds. The molecular formula is C28H22N2O4. The maximum atomic E-state index is 12.4. The van der Waals surface area contributed by atoms with E-state index < -0.39 is 23.6 Å². The second kappa shape index (κ2) is 7.63. The van der Waals surface area contributed by atoms with E-state index in [0.29, 0.717) is 33.0 Å². The van der Waals surface area contributed by atoms with Gasteiger partial charge in [-0.2, -0.15) is 0 Å². The molecule has 7 rings (SSSR count). The number of fused-ring (bicyclic) bond motifs is 2. The van der Waals surface area contributed by atoms with E-state index in [9.17, 15) is 19.2 Å². The number of amides is 4. The Morgan fingerprint density at radius 2 is 0.618 bits per heavy atom. The summed E-state index contributed by atoms with van der Waals surface area (Å²) in [7, 11) is 0. The number of carbonyl (C=O) groups is 4. The van der Waals surface area contributed by atoms with Crippen molar-refractivity contribution >= 4 is 66.7 Å². The van der Waals surface area contributed by atoms with E-state index in [2.05, 4.69) is 10.6 Å². The van der Waals surface area contributed by atoms with E-state index in [4.69, 9.17) is 0 Å². The molecule has 2 aliphatic heterocycles. The molecule has 5 aromatic carbocycles. The van der Waals surface area contributed by atoms with Crippen LogP contribution in [-0.4, -0.2) is 23.6 Å². The Kier molecular flexibility index (Phi) is 4.83. The summed E-state index contributed by atoms with van der Waals surface area (Å²) in [5.41, 5.74) is 1.87. The van der Waals surface area contributed by atoms with Gasteiger partial charge in [-0.15, -0.1) is 0 Å². The number of imide groups is 2. The van der Waals surface area contributed by atoms with Crippen LogP contribution < -0.4 is 10.6 Å². The third-order valence-corrected chi connectivity index (χ3v) is 6.33. The highest BCUT2D eigenvalue weighted by Gasteiger charge is 2.30. The molecule has 6 nitrogen and oxygen atoms in total. The minimum Gasteiger partial charge on any atom is -0.288 e. The molecule has 2 heterocycles. The van der Waals surface area contributed by atoms with E-state index in [1.54, 1.807) is 24.3 Å². The summed E-state index contributed by atoms with van der Waals surface area (Å²) >= 11 is 0. The zero-order chi connectivity index (χ0) is 24.3. The predicted octanol–water partition coefficient (Wildman–Crippen LogP) is 5.56. The predicted molar refractivity (Wildman–Crippen MR) is 134 cm³/mol. The molecule has 0 aromatic heterocycles. The average molecular weight is 450 g/mol. The Morgan fingerprint density at radius 3 is 0.853 bits per heavy atom. The van der Waals surface area contributed by atoms with E-state index in [1.807, 2.05) is 52.0 Å². The van der Waals surface area contributed by atoms with Crippen molar-refractivity contribution in [2.24, 2.45) is 0 Å². The van der Waals surface area contributed by atoms with Crippen LogP contribution >= 0.6 is 0 Å². The van der Waals surface area contributed by atoms with Gasteiger partial charge in [-0.1, -0.05) is 52.0 Å². The molecule has 0 saturated carbocycles. The van der Waals surface area contributed by atoms with Crippen molar-refractivity contribution in [1.29, 1.82) is 0 Å². The van der Waals surface area contributed by atoms with Crippen molar-refractivity contribution in [2.45, 2.75) is 27.7 Å². The summed E-state index contributed by atoms with van der Waals surface area (Å²) in [4.78, 5) is 49.8. The zero-order valence-corrected chi connectivity index (χ0v) is 19.3. The molecule has 34 heavy (non-hydrogen) atoms. The third kappa shape index (κ3) is 2.56. The maximum absolute atomic E-state index is 12.4. The smallest absolute Gasteiger partial charge is 0.258 e. The van der Waals surface area contributed by atoms with Gasteiger partial charge in [0.1, 0.15) is 0 Å². The molecule has 2 aliphatic rings. The Morgan fingerprint density at radius 1 is 0.382 bits per heavy atom. The van der Waals surface area contributed by atoms with Gasteiger partial charge in [-0.3, -0.25) is 29.8 Å². The first-order chi connectivity index (χ1) is 16.5. The fraction of sp³-hybridized carbons (Fsp3) is 0.143. The highest BCUT2D eigenvalue weighted by atomic mass is 16.2. The zero-order valence-electron chi connectivity index (χ0n) is 19.3. The Bertz CT molecular complexity index is 1470. The summed E-state index contributed by atoms with van der Waals surface area (Å²) < 4.78 is 0. The largest absolute Gasteiger partial charge is 0.288 e. The first kappa shape index (κ1) is 21.5. The number of nitrogens with one attached hydrogen (secondary N) is 2. The summed E-state index contributed by atoms with van der Waals surface area (Å²) in [5.74, 6) is -1.63. The first-order valence-corrected chi connectivity index (χ1v) is 11.5. The van der Waals surface area contributed by atoms with Crippen molar-refractivity contribution in [2.75, 3.05) is 0 Å². The van der Waals surface area contributed by atoms with Crippen molar-refractivity contribution in [1.82, 2.24) is 10.6 Å². The number of carbonyl (C=O) groups excluding carboxylic acids is 4. The van der Waals surface area contributed by atoms with Crippen LogP contribution in [0.4, 0.5) is 0 Å². The van der Waals surface area contributed by atoms with Gasteiger partial charge < -0.3 is 0 Å². The molecule has 168 valence electrons. The lowest BCUT2D eigenvalue weighted by Gasteiger charge is -2.23. The lowest BCUT2D eigenvalue weighted by Crippen LogP contribution is -2.35. The summed E-state index contributed by atoms with van der Waals surface area (Å²) in [6, 6.07) is 14.4. The van der Waals surface area contributed by atoms with Gasteiger partial charge in [-0.05, 0) is 56.6 Å². The van der Waals surface area contributed by atoms with Crippen LogP contribution in [0.3, 0.4) is 0 Å². The number of benzene rings is 5. The van der Waals surface area contributed by atoms with Crippen molar-refractivity contribution in [3.05, 3.63) is 70.8 Å². The molecule has 2 N–H and O–H groups in total. The minimum atomic E-state index is -0.408. The second-order valence-corrected chi connectivity index (χ2v) is 7.71. The van der Waals surface area contributed by atoms with Gasteiger partial charge in [-0.25, -0.2) is 0 Å². The van der Waals surface area contributed by atoms with E-state index in [1.165, 1.54) is 0 Å². The number of hydrogen-bond donors (Lipinski definition) is 2. The molecule has 0 atom stereocenters. The van der Waals surface area contributed by atoms with Crippen LogP contribution in [0.2, 0.25) is 0 Å². The van der Waals surface area contributed by atoms with Crippen LogP contribution in [0, 0.1) is 0 Å². The second-order valence-electron chi connectivity index (χ2n) is 7.71. The average Bonchev–Trinajstić information content (AvgIpc) is 2.87. The summed E-state index contributed by atoms with van der Waals surface area (Å²) in [6.45, 7) is 8.00. The van der Waals surface area contributed by atoms with Gasteiger partial charge in [0.05, 0.1) is 0 Å². The molecule has 0 unspecified atom stereocenters. The summed E-state index contributed by atoms with van der Waals surface area (Å²) in [6.07, 6.45) is 0. The third-order valence-electron chi connectivity index (χ3n) is 6.33. The topological polar surface area (TPSA) is 92.3 Å². The molecule has 0 bridgehead atoms. The van der Waals surface area contributed by atoms with Crippen LogP contribution in [0.1, 0.15) is 69.1 Å². The van der Waals surface area contributed by atoms with E-state index >= 15 is 0 Å². The SMILES string of the molecule is CC.CC.O=C1NC(=O)c2ccc3c4ccc5c6c(ccc(c7ccc1c2c73)c64)C(=O)NC5=O. The van der Waals surface area contributed by atoms with Gasteiger partial charge in [0.25, 0.3) is 23.6 Å². The highest BCUT2D eigenvalue weighted by Crippen LogP contribution is 2.44. The van der Waals surface area contributed by atoms with Gasteiger partial charge in [0.15, 0.2) is 0 Å². The Labute approximate surface area is 195 Å². The van der Waals surface area contributed by atoms with Gasteiger partial charge in [0, 0.05) is 33.0 Å². The van der Waals surface area contributed by atoms with Gasteiger partial charge in [0.2, 0.25) is 0 Å². The molecule has 0 radical (unpaired) electrons. The van der Waals surface area contributed by atoms with E-state index in [0.717, 1.165) is 32.3 Å². The summed E-state index contributed by atoms with van der Waals surface area (Å²) in [5, 5.41) is 11.3. The Hall–Kier alpha value is -4.32. The number of hydrogen-bond acceptors (Lipinski definition) is 4. The molecule has 0 fully saturated rings. The fourth-order valence-corrected chi connectivity index (χ4v) is 5.12. The standard InChI is InChI=1S/C24H10N2O4.2C2H6/c27-21-13-5-1-9-10-2-6-15-20-16(24(30)26-23(15)29)8-4-12(18(10)20)11-3-7-14(22(28)25-21)19(13)17(9)11;2*1-2/h1-8H,(H,25,27,28)(H,26,29,30);2*1-2H3. The molecule has 0 aliphatic carbocycles. The normalized spacial score (nSPS) is 14.0. The lowest BCUT2D eigenvalue weighted by molar-refractivity contribution is 0.0828. The van der Waals surface area contributed by atoms with Crippen LogP contribution in [0.5, 0.6) is 0 Å². The maximum Gasteiger partial charge on any atom is 0.258 e. The van der Waals surface area contributed by atoms with Gasteiger partial charge >= 0.3 is 0 Å². The Balaban J connectivity index is 0.000000574. The minimum absolute atomic E-state index is 0.408. The van der Waals surface area contributed by atoms with Crippen LogP contribution in [-0.2, 0) is 0 Å². The fourth-order valence-electron chi connectivity index (χ4n) is 5.12. The van der Waals surface area contributed by atoms with Crippen LogP contribution in [0.15, 0.2) is 48.5 Å². The van der Waals surface area contributed by atoms with Crippen molar-refractivity contribution in [3.8, 4) is 0 Å². The van der Waals surface area contributed by atoms with E-state index in [-0.39, 0.29) is 0 Å². The lowest BCUT2D eigenvalue weighted by atomic mass is 9.83. The number of rotatable bonds is 0. The van der Waals surface area contributed by atoms with Crippen LogP contribution in [0.25, 0.3) is 43.1 Å². The quantitative estimate of drug-likeness (QED) is 0.184. The molecule has 0 saturated heterocycles. The molecule has 5 aromatic rings. The highest BCUT2D eigenvalue weighted by molar-refractivity contribution is 6.41. The first-order valence-electron chi connectivity index (χ1n) is 11.5. The molecule has 6 heteroatoms.